The van der Waals surface area contributed by atoms with Gasteiger partial charge in [-0.05, 0) is 90.0 Å². The van der Waals surface area contributed by atoms with Crippen LogP contribution < -0.4 is 0 Å². The van der Waals surface area contributed by atoms with Crippen molar-refractivity contribution >= 4 is 10.8 Å². The van der Waals surface area contributed by atoms with Gasteiger partial charge in [-0.2, -0.15) is 0 Å². The maximum Gasteiger partial charge on any atom is 0.171 e. The summed E-state index contributed by atoms with van der Waals surface area (Å²) in [5.74, 6) is 0.688. The van der Waals surface area contributed by atoms with E-state index in [9.17, 15) is 0 Å². The molecule has 0 amide bonds. The Balaban J connectivity index is 1.18. The average molecular weight is 456 g/mol. The highest BCUT2D eigenvalue weighted by molar-refractivity contribution is 5.82. The third-order valence-corrected chi connectivity index (χ3v) is 10.6. The smallest absolute Gasteiger partial charge is 0.171 e. The van der Waals surface area contributed by atoms with Gasteiger partial charge < -0.3 is 14.2 Å². The second-order valence-electron chi connectivity index (χ2n) is 12.0. The van der Waals surface area contributed by atoms with Crippen LogP contribution in [0.5, 0.6) is 0 Å². The molecular formula is C30H33NO3. The zero-order valence-electron chi connectivity index (χ0n) is 20.0. The zero-order chi connectivity index (χ0) is 22.6. The van der Waals surface area contributed by atoms with Crippen LogP contribution >= 0.6 is 0 Å². The Hall–Kier alpha value is -2.01. The van der Waals surface area contributed by atoms with Crippen LogP contribution in [0, 0.1) is 11.3 Å². The number of hydrogen-bond acceptors (Lipinski definition) is 4. The summed E-state index contributed by atoms with van der Waals surface area (Å²) in [5, 5.41) is 2.53. The number of hydrogen-bond donors (Lipinski definition) is 0. The van der Waals surface area contributed by atoms with Crippen molar-refractivity contribution in [3.05, 3.63) is 65.5 Å². The monoisotopic (exact) mass is 455 g/mol. The van der Waals surface area contributed by atoms with Crippen molar-refractivity contribution in [2.75, 3.05) is 13.2 Å². The molecule has 5 atom stereocenters. The van der Waals surface area contributed by atoms with Gasteiger partial charge in [0, 0.05) is 30.6 Å². The summed E-state index contributed by atoms with van der Waals surface area (Å²) in [6.45, 7) is 3.98. The molecule has 4 fully saturated rings. The van der Waals surface area contributed by atoms with E-state index >= 15 is 0 Å². The number of nitrogens with zero attached hydrogens (tertiary/aromatic N) is 1. The SMILES string of the molecule is C[C@]12CC=C3C=C4CCC5(C[C@]46CCC3(O6)[C@@H]1CCC2c1ccc2ccncc2c1)OCCO5. The van der Waals surface area contributed by atoms with Crippen LogP contribution in [0.4, 0.5) is 0 Å². The largest absolute Gasteiger partial charge is 0.359 e. The first-order chi connectivity index (χ1) is 16.5. The lowest BCUT2D eigenvalue weighted by molar-refractivity contribution is -0.226. The molecule has 8 rings (SSSR count). The third-order valence-electron chi connectivity index (χ3n) is 10.6. The number of rotatable bonds is 1. The van der Waals surface area contributed by atoms with Gasteiger partial charge in [-0.25, -0.2) is 0 Å². The first-order valence-electron chi connectivity index (χ1n) is 13.3. The molecule has 2 saturated carbocycles. The molecule has 2 bridgehead atoms. The van der Waals surface area contributed by atoms with E-state index in [1.807, 2.05) is 12.4 Å². The van der Waals surface area contributed by atoms with E-state index in [1.54, 1.807) is 0 Å². The van der Waals surface area contributed by atoms with Crippen molar-refractivity contribution in [1.82, 2.24) is 4.98 Å². The van der Waals surface area contributed by atoms with Gasteiger partial charge in [0.2, 0.25) is 0 Å². The molecule has 176 valence electrons. The van der Waals surface area contributed by atoms with Crippen LogP contribution in [-0.4, -0.2) is 35.2 Å². The number of allylic oxidation sites excluding steroid dienone is 1. The minimum Gasteiger partial charge on any atom is -0.359 e. The van der Waals surface area contributed by atoms with Crippen LogP contribution in [0.25, 0.3) is 10.8 Å². The Labute approximate surface area is 201 Å². The average Bonchev–Trinajstić information content (AvgIpc) is 3.53. The summed E-state index contributed by atoms with van der Waals surface area (Å²) in [5.41, 5.74) is 4.33. The lowest BCUT2D eigenvalue weighted by Gasteiger charge is -2.55. The fraction of sp³-hybridized carbons (Fsp3) is 0.567. The van der Waals surface area contributed by atoms with Crippen molar-refractivity contribution in [2.45, 2.75) is 81.2 Å². The molecular weight excluding hydrogens is 422 g/mol. The van der Waals surface area contributed by atoms with Crippen molar-refractivity contribution < 1.29 is 14.2 Å². The summed E-state index contributed by atoms with van der Waals surface area (Å²) in [7, 11) is 0. The number of ether oxygens (including phenoxy) is 3. The van der Waals surface area contributed by atoms with Crippen LogP contribution in [-0.2, 0) is 14.2 Å². The molecule has 1 aromatic heterocycles. The standard InChI is InChI=1S/C30H33NO3/c1-27-9-6-24-17-23-7-10-29(32-14-15-33-29)19-28(23)11-12-30(24,34-28)26(27)5-4-25(27)21-3-2-20-8-13-31-18-22(20)16-21/h2-3,6,8,13,16-18,25-26H,4-5,7,9-12,14-15,19H2,1H3/t25?,26-,27-,28-,30?/m1/s1. The molecule has 4 nitrogen and oxygen atoms in total. The van der Waals surface area contributed by atoms with E-state index in [2.05, 4.69) is 48.3 Å². The molecule has 4 heterocycles. The maximum atomic E-state index is 7.39. The molecule has 0 radical (unpaired) electrons. The molecule has 4 heteroatoms. The van der Waals surface area contributed by atoms with Crippen LogP contribution in [0.15, 0.2) is 60.0 Å². The molecule has 34 heavy (non-hydrogen) atoms. The van der Waals surface area contributed by atoms with E-state index in [0.717, 1.165) is 51.7 Å². The molecule has 3 aliphatic carbocycles. The number of pyridine rings is 1. The van der Waals surface area contributed by atoms with Crippen molar-refractivity contribution in [2.24, 2.45) is 11.3 Å². The normalized spacial score (nSPS) is 41.7. The first kappa shape index (κ1) is 20.2. The summed E-state index contributed by atoms with van der Waals surface area (Å²) < 4.78 is 19.7. The first-order valence-corrected chi connectivity index (χ1v) is 13.3. The molecule has 0 N–H and O–H groups in total. The molecule has 2 aromatic rings. The van der Waals surface area contributed by atoms with Gasteiger partial charge >= 0.3 is 0 Å². The van der Waals surface area contributed by atoms with Gasteiger partial charge in [-0.15, -0.1) is 0 Å². The van der Waals surface area contributed by atoms with E-state index in [0.29, 0.717) is 11.8 Å². The van der Waals surface area contributed by atoms with E-state index in [1.165, 1.54) is 40.3 Å². The highest BCUT2D eigenvalue weighted by atomic mass is 16.7. The molecule has 6 aliphatic rings. The van der Waals surface area contributed by atoms with Gasteiger partial charge in [0.1, 0.15) is 0 Å². The van der Waals surface area contributed by atoms with Crippen LogP contribution in [0.2, 0.25) is 0 Å². The van der Waals surface area contributed by atoms with Gasteiger partial charge in [-0.3, -0.25) is 4.98 Å². The quantitative estimate of drug-likeness (QED) is 0.512. The van der Waals surface area contributed by atoms with E-state index in [-0.39, 0.29) is 16.6 Å². The maximum absolute atomic E-state index is 7.39. The van der Waals surface area contributed by atoms with Crippen molar-refractivity contribution in [1.29, 1.82) is 0 Å². The Kier molecular flexibility index (Phi) is 3.92. The Morgan fingerprint density at radius 1 is 1.00 bits per heavy atom. The van der Waals surface area contributed by atoms with Gasteiger partial charge in [0.05, 0.1) is 24.4 Å². The van der Waals surface area contributed by atoms with E-state index in [4.69, 9.17) is 14.2 Å². The second kappa shape index (κ2) is 6.60. The Morgan fingerprint density at radius 3 is 2.82 bits per heavy atom. The molecule has 2 unspecified atom stereocenters. The molecule has 2 saturated heterocycles. The molecule has 3 aliphatic heterocycles. The minimum atomic E-state index is -0.417. The lowest BCUT2D eigenvalue weighted by Crippen LogP contribution is -2.56. The fourth-order valence-corrected chi connectivity index (χ4v) is 9.00. The zero-order valence-corrected chi connectivity index (χ0v) is 20.0. The number of fused-ring (bicyclic) bond motifs is 2. The van der Waals surface area contributed by atoms with Crippen molar-refractivity contribution in [3.8, 4) is 0 Å². The predicted molar refractivity (Wildman–Crippen MR) is 130 cm³/mol. The predicted octanol–water partition coefficient (Wildman–Crippen LogP) is 6.22. The number of aromatic nitrogens is 1. The summed E-state index contributed by atoms with van der Waals surface area (Å²) in [6, 6.07) is 9.16. The number of benzene rings is 1. The third kappa shape index (κ3) is 2.47. The van der Waals surface area contributed by atoms with Gasteiger partial charge in [0.15, 0.2) is 5.79 Å². The summed E-state index contributed by atoms with van der Waals surface area (Å²) in [6.07, 6.45) is 17.7. The Bertz CT molecular complexity index is 1260. The summed E-state index contributed by atoms with van der Waals surface area (Å²) in [4.78, 5) is 4.37. The van der Waals surface area contributed by atoms with Gasteiger partial charge in [-0.1, -0.05) is 31.2 Å². The van der Waals surface area contributed by atoms with Crippen LogP contribution in [0.1, 0.15) is 69.8 Å². The Morgan fingerprint density at radius 2 is 1.91 bits per heavy atom. The van der Waals surface area contributed by atoms with E-state index < -0.39 is 5.79 Å². The lowest BCUT2D eigenvalue weighted by atomic mass is 9.58. The molecule has 1 aromatic carbocycles. The fourth-order valence-electron chi connectivity index (χ4n) is 9.00. The molecule has 3 spiro atoms. The minimum absolute atomic E-state index is 0.138. The van der Waals surface area contributed by atoms with Gasteiger partial charge in [0.25, 0.3) is 0 Å². The van der Waals surface area contributed by atoms with Crippen molar-refractivity contribution in [3.63, 3.8) is 0 Å². The van der Waals surface area contributed by atoms with Crippen LogP contribution in [0.3, 0.4) is 0 Å². The second-order valence-corrected chi connectivity index (χ2v) is 12.0. The summed E-state index contributed by atoms with van der Waals surface area (Å²) >= 11 is 0. The highest BCUT2D eigenvalue weighted by Crippen LogP contribution is 2.69. The topological polar surface area (TPSA) is 40.6 Å². The highest BCUT2D eigenvalue weighted by Gasteiger charge is 2.68.